The van der Waals surface area contributed by atoms with Gasteiger partial charge in [-0.05, 0) is 16.7 Å². The van der Waals surface area contributed by atoms with Crippen LogP contribution in [0, 0.1) is 10.1 Å². The quantitative estimate of drug-likeness (QED) is 0.666. The van der Waals surface area contributed by atoms with Gasteiger partial charge in [0.1, 0.15) is 0 Å². The van der Waals surface area contributed by atoms with E-state index in [9.17, 15) is 20.0 Å². The van der Waals surface area contributed by atoms with E-state index in [0.717, 1.165) is 11.1 Å². The van der Waals surface area contributed by atoms with E-state index in [1.54, 1.807) is 12.1 Å². The Morgan fingerprint density at radius 2 is 2.04 bits per heavy atom. The summed E-state index contributed by atoms with van der Waals surface area (Å²) in [4.78, 5) is 22.5. The van der Waals surface area contributed by atoms with E-state index in [1.165, 1.54) is 12.1 Å². The Labute approximate surface area is 132 Å². The topological polar surface area (TPSA) is 92.5 Å². The van der Waals surface area contributed by atoms with Gasteiger partial charge in [-0.1, -0.05) is 36.4 Å². The van der Waals surface area contributed by atoms with Gasteiger partial charge in [-0.2, -0.15) is 0 Å². The zero-order valence-electron chi connectivity index (χ0n) is 12.3. The van der Waals surface area contributed by atoms with Crippen LogP contribution in [0.3, 0.4) is 0 Å². The maximum atomic E-state index is 12.2. The largest absolute Gasteiger partial charge is 0.390 e. The molecule has 0 spiro atoms. The van der Waals surface area contributed by atoms with Gasteiger partial charge < -0.3 is 10.4 Å². The van der Waals surface area contributed by atoms with Crippen LogP contribution in [0.1, 0.15) is 22.7 Å². The van der Waals surface area contributed by atoms with E-state index < -0.39 is 17.1 Å². The van der Waals surface area contributed by atoms with Crippen LogP contribution in [0.15, 0.2) is 48.5 Å². The summed E-state index contributed by atoms with van der Waals surface area (Å²) in [5.74, 6) is -0.272. The van der Waals surface area contributed by atoms with Gasteiger partial charge in [-0.15, -0.1) is 0 Å². The highest BCUT2D eigenvalue weighted by Crippen LogP contribution is 2.31. The molecule has 0 heterocycles. The Kier molecular flexibility index (Phi) is 4.08. The first-order valence-electron chi connectivity index (χ1n) is 7.33. The molecule has 0 aliphatic heterocycles. The maximum Gasteiger partial charge on any atom is 0.269 e. The number of benzene rings is 2. The summed E-state index contributed by atoms with van der Waals surface area (Å²) < 4.78 is 0. The Bertz CT molecular complexity index is 760. The van der Waals surface area contributed by atoms with Crippen molar-refractivity contribution in [2.45, 2.75) is 25.0 Å². The first-order valence-corrected chi connectivity index (χ1v) is 7.33. The van der Waals surface area contributed by atoms with Crippen LogP contribution in [0.2, 0.25) is 0 Å². The maximum absolute atomic E-state index is 12.2. The molecule has 2 N–H and O–H groups in total. The van der Waals surface area contributed by atoms with Gasteiger partial charge in [0, 0.05) is 18.6 Å². The van der Waals surface area contributed by atoms with Crippen molar-refractivity contribution in [3.05, 3.63) is 75.3 Å². The van der Waals surface area contributed by atoms with Gasteiger partial charge in [0.15, 0.2) is 0 Å². The number of rotatable bonds is 4. The second kappa shape index (κ2) is 6.18. The lowest BCUT2D eigenvalue weighted by Gasteiger charge is -2.18. The molecule has 2 aromatic rings. The molecule has 6 nitrogen and oxygen atoms in total. The highest BCUT2D eigenvalue weighted by atomic mass is 16.6. The van der Waals surface area contributed by atoms with Crippen molar-refractivity contribution in [3.63, 3.8) is 0 Å². The number of amides is 1. The second-order valence-corrected chi connectivity index (χ2v) is 5.62. The minimum absolute atomic E-state index is 0.0348. The van der Waals surface area contributed by atoms with Gasteiger partial charge in [0.25, 0.3) is 5.69 Å². The summed E-state index contributed by atoms with van der Waals surface area (Å²) in [6.45, 7) is 0. The van der Waals surface area contributed by atoms with E-state index in [4.69, 9.17) is 0 Å². The van der Waals surface area contributed by atoms with Crippen LogP contribution in [-0.4, -0.2) is 22.0 Å². The Morgan fingerprint density at radius 3 is 2.83 bits per heavy atom. The molecule has 2 aromatic carbocycles. The van der Waals surface area contributed by atoms with E-state index >= 15 is 0 Å². The van der Waals surface area contributed by atoms with Crippen LogP contribution >= 0.6 is 0 Å². The van der Waals surface area contributed by atoms with E-state index in [2.05, 4.69) is 5.32 Å². The van der Waals surface area contributed by atoms with Crippen molar-refractivity contribution >= 4 is 11.6 Å². The summed E-state index contributed by atoms with van der Waals surface area (Å²) in [7, 11) is 0. The number of non-ortho nitro benzene ring substituents is 1. The van der Waals surface area contributed by atoms with Gasteiger partial charge >= 0.3 is 0 Å². The number of hydrogen-bond acceptors (Lipinski definition) is 4. The van der Waals surface area contributed by atoms with Crippen LogP contribution in [0.25, 0.3) is 0 Å². The highest BCUT2D eigenvalue weighted by Gasteiger charge is 2.31. The number of hydrogen-bond donors (Lipinski definition) is 2. The predicted molar refractivity (Wildman–Crippen MR) is 83.8 cm³/mol. The van der Waals surface area contributed by atoms with Crippen molar-refractivity contribution in [2.75, 3.05) is 0 Å². The molecule has 23 heavy (non-hydrogen) atoms. The lowest BCUT2D eigenvalue weighted by molar-refractivity contribution is -0.384. The summed E-state index contributed by atoms with van der Waals surface area (Å²) in [6.07, 6.45) is -0.105. The van der Waals surface area contributed by atoms with Crippen molar-refractivity contribution in [1.82, 2.24) is 5.32 Å². The van der Waals surface area contributed by atoms with Gasteiger partial charge in [0.05, 0.1) is 23.5 Å². The van der Waals surface area contributed by atoms with Gasteiger partial charge in [-0.25, -0.2) is 0 Å². The minimum atomic E-state index is -0.651. The van der Waals surface area contributed by atoms with Crippen LogP contribution < -0.4 is 5.32 Å². The average Bonchev–Trinajstić information content (AvgIpc) is 2.83. The van der Waals surface area contributed by atoms with E-state index in [0.29, 0.717) is 12.0 Å². The molecule has 0 saturated carbocycles. The first kappa shape index (κ1) is 15.2. The SMILES string of the molecule is O=C(Cc1cccc([N+](=O)[O-])c1)N[C@@H]1c2ccccc2C[C@H]1O. The molecule has 0 bridgehead atoms. The summed E-state index contributed by atoms with van der Waals surface area (Å²) in [6, 6.07) is 13.2. The fraction of sp³-hybridized carbons (Fsp3) is 0.235. The molecule has 0 fully saturated rings. The predicted octanol–water partition coefficient (Wildman–Crippen LogP) is 1.91. The molecule has 3 rings (SSSR count). The average molecular weight is 312 g/mol. The third-order valence-electron chi connectivity index (χ3n) is 4.01. The van der Waals surface area contributed by atoms with Crippen LogP contribution in [0.4, 0.5) is 5.69 Å². The lowest BCUT2D eigenvalue weighted by atomic mass is 10.1. The molecule has 0 saturated heterocycles. The molecular formula is C17H16N2O4. The number of nitro groups is 1. The molecular weight excluding hydrogens is 296 g/mol. The van der Waals surface area contributed by atoms with Crippen LogP contribution in [0.5, 0.6) is 0 Å². The Balaban J connectivity index is 1.71. The molecule has 118 valence electrons. The normalized spacial score (nSPS) is 19.2. The minimum Gasteiger partial charge on any atom is -0.390 e. The third-order valence-corrected chi connectivity index (χ3v) is 4.01. The number of carbonyl (C=O) groups excluding carboxylic acids is 1. The number of aliphatic hydroxyl groups excluding tert-OH is 1. The molecule has 0 aromatic heterocycles. The molecule has 2 atom stereocenters. The third kappa shape index (κ3) is 3.22. The summed E-state index contributed by atoms with van der Waals surface area (Å²) in [5.41, 5.74) is 2.48. The number of nitro benzene ring substituents is 1. The van der Waals surface area contributed by atoms with Gasteiger partial charge in [0.2, 0.25) is 5.91 Å². The molecule has 6 heteroatoms. The fourth-order valence-corrected chi connectivity index (χ4v) is 2.94. The highest BCUT2D eigenvalue weighted by molar-refractivity contribution is 5.79. The number of fused-ring (bicyclic) bond motifs is 1. The zero-order valence-corrected chi connectivity index (χ0v) is 12.3. The fourth-order valence-electron chi connectivity index (χ4n) is 2.94. The summed E-state index contributed by atoms with van der Waals surface area (Å²) in [5, 5.41) is 23.7. The van der Waals surface area contributed by atoms with Crippen molar-refractivity contribution < 1.29 is 14.8 Å². The van der Waals surface area contributed by atoms with E-state index in [-0.39, 0.29) is 18.0 Å². The molecule has 0 unspecified atom stereocenters. The van der Waals surface area contributed by atoms with E-state index in [1.807, 2.05) is 24.3 Å². The summed E-state index contributed by atoms with van der Waals surface area (Å²) >= 11 is 0. The van der Waals surface area contributed by atoms with Gasteiger partial charge in [-0.3, -0.25) is 14.9 Å². The molecule has 1 amide bonds. The first-order chi connectivity index (χ1) is 11.0. The van der Waals surface area contributed by atoms with Crippen LogP contribution in [-0.2, 0) is 17.6 Å². The number of nitrogens with zero attached hydrogens (tertiary/aromatic N) is 1. The Hall–Kier alpha value is -2.73. The molecule has 1 aliphatic rings. The lowest BCUT2D eigenvalue weighted by Crippen LogP contribution is -2.34. The molecule has 0 radical (unpaired) electrons. The number of carbonyl (C=O) groups is 1. The monoisotopic (exact) mass is 312 g/mol. The standard InChI is InChI=1S/C17H16N2O4/c20-15-10-12-5-1-2-7-14(12)17(15)18-16(21)9-11-4-3-6-13(8-11)19(22)23/h1-8,15,17,20H,9-10H2,(H,18,21)/t15-,17-/m1/s1. The second-order valence-electron chi connectivity index (χ2n) is 5.62. The molecule has 1 aliphatic carbocycles. The number of nitrogens with one attached hydrogen (secondary N) is 1. The van der Waals surface area contributed by atoms with Crippen molar-refractivity contribution in [2.24, 2.45) is 0 Å². The Morgan fingerprint density at radius 1 is 1.26 bits per heavy atom. The number of aliphatic hydroxyl groups is 1. The van der Waals surface area contributed by atoms with Crippen molar-refractivity contribution in [1.29, 1.82) is 0 Å². The van der Waals surface area contributed by atoms with Crippen molar-refractivity contribution in [3.8, 4) is 0 Å². The zero-order chi connectivity index (χ0) is 16.4. The smallest absolute Gasteiger partial charge is 0.269 e.